The lowest BCUT2D eigenvalue weighted by molar-refractivity contribution is -0.255. The van der Waals surface area contributed by atoms with Crippen LogP contribution < -0.4 is 9.84 Å². The molecule has 0 atom stereocenters. The number of carboxylic acid groups (broad SMARTS) is 1. The van der Waals surface area contributed by atoms with E-state index in [0.29, 0.717) is 12.4 Å². The first kappa shape index (κ1) is 11.6. The van der Waals surface area contributed by atoms with Crippen molar-refractivity contribution in [3.05, 3.63) is 45.9 Å². The summed E-state index contributed by atoms with van der Waals surface area (Å²) in [5.41, 5.74) is 0.948. The highest BCUT2D eigenvalue weighted by Crippen LogP contribution is 2.15. The van der Waals surface area contributed by atoms with Gasteiger partial charge in [0.25, 0.3) is 0 Å². The molecule has 0 amide bonds. The van der Waals surface area contributed by atoms with Gasteiger partial charge in [-0.15, -0.1) is 11.3 Å². The summed E-state index contributed by atoms with van der Waals surface area (Å²) >= 11 is 1.55. The van der Waals surface area contributed by atoms with E-state index in [2.05, 4.69) is 4.98 Å². The molecule has 2 rings (SSSR count). The molecule has 0 N–H and O–H groups in total. The van der Waals surface area contributed by atoms with Gasteiger partial charge in [-0.1, -0.05) is 12.1 Å². The molecule has 0 saturated heterocycles. The summed E-state index contributed by atoms with van der Waals surface area (Å²) in [6.07, 6.45) is 0. The molecular weight excluding hydrogens is 238 g/mol. The second-order valence-corrected chi connectivity index (χ2v) is 4.52. The molecule has 1 aromatic heterocycles. The van der Waals surface area contributed by atoms with E-state index < -0.39 is 5.97 Å². The van der Waals surface area contributed by atoms with E-state index in [4.69, 9.17) is 4.74 Å². The fraction of sp³-hybridized carbons (Fsp3) is 0.167. The lowest BCUT2D eigenvalue weighted by atomic mass is 10.2. The average molecular weight is 248 g/mol. The number of ether oxygens (including phenoxy) is 1. The van der Waals surface area contributed by atoms with Crippen LogP contribution >= 0.6 is 11.3 Å². The number of hydrogen-bond acceptors (Lipinski definition) is 5. The quantitative estimate of drug-likeness (QED) is 0.820. The second kappa shape index (κ2) is 4.97. The van der Waals surface area contributed by atoms with Crippen LogP contribution in [0.25, 0.3) is 0 Å². The van der Waals surface area contributed by atoms with Crippen LogP contribution in [0.5, 0.6) is 5.75 Å². The molecule has 0 fully saturated rings. The van der Waals surface area contributed by atoms with Gasteiger partial charge in [0.2, 0.25) is 0 Å². The standard InChI is InChI=1S/C12H11NO3S/c1-8-13-10(7-17-8)6-16-11-4-2-3-9(5-11)12(14)15/h2-5,7H,6H2,1H3,(H,14,15)/p-1. The van der Waals surface area contributed by atoms with Crippen LogP contribution in [0.1, 0.15) is 21.1 Å². The van der Waals surface area contributed by atoms with Gasteiger partial charge in [-0.05, 0) is 19.1 Å². The zero-order valence-electron chi connectivity index (χ0n) is 9.17. The minimum absolute atomic E-state index is 0.108. The third-order valence-electron chi connectivity index (χ3n) is 2.12. The Kier molecular flexibility index (Phi) is 3.39. The SMILES string of the molecule is Cc1nc(COc2cccc(C(=O)[O-])c2)cs1. The number of aromatic nitrogens is 1. The Morgan fingerprint density at radius 1 is 1.53 bits per heavy atom. The molecule has 0 spiro atoms. The van der Waals surface area contributed by atoms with Gasteiger partial charge in [-0.25, -0.2) is 4.98 Å². The summed E-state index contributed by atoms with van der Waals surface area (Å²) in [5, 5.41) is 13.5. The van der Waals surface area contributed by atoms with Crippen molar-refractivity contribution in [2.45, 2.75) is 13.5 Å². The van der Waals surface area contributed by atoms with Gasteiger partial charge in [0.05, 0.1) is 16.7 Å². The third kappa shape index (κ3) is 3.04. The van der Waals surface area contributed by atoms with Crippen LogP contribution in [-0.4, -0.2) is 11.0 Å². The van der Waals surface area contributed by atoms with E-state index >= 15 is 0 Å². The zero-order valence-corrected chi connectivity index (χ0v) is 9.99. The Balaban J connectivity index is 2.04. The van der Waals surface area contributed by atoms with Gasteiger partial charge in [0, 0.05) is 10.9 Å². The number of carboxylic acids is 1. The van der Waals surface area contributed by atoms with Crippen LogP contribution in [-0.2, 0) is 6.61 Å². The summed E-state index contributed by atoms with van der Waals surface area (Å²) in [6, 6.07) is 6.22. The van der Waals surface area contributed by atoms with E-state index in [0.717, 1.165) is 10.7 Å². The minimum atomic E-state index is -1.21. The molecule has 88 valence electrons. The molecule has 0 aliphatic carbocycles. The highest BCUT2D eigenvalue weighted by Gasteiger charge is 2.01. The van der Waals surface area contributed by atoms with Crippen LogP contribution in [0.3, 0.4) is 0 Å². The first-order valence-corrected chi connectivity index (χ1v) is 5.88. The normalized spacial score (nSPS) is 10.2. The number of nitrogens with zero attached hydrogens (tertiary/aromatic N) is 1. The number of carbonyl (C=O) groups excluding carboxylic acids is 1. The molecule has 0 saturated carbocycles. The van der Waals surface area contributed by atoms with Crippen molar-refractivity contribution in [1.29, 1.82) is 0 Å². The Labute approximate surface area is 103 Å². The lowest BCUT2D eigenvalue weighted by Gasteiger charge is -2.07. The second-order valence-electron chi connectivity index (χ2n) is 3.46. The number of aryl methyl sites for hydroxylation is 1. The molecular formula is C12H10NO3S-. The van der Waals surface area contributed by atoms with Crippen molar-refractivity contribution in [3.63, 3.8) is 0 Å². The van der Waals surface area contributed by atoms with Gasteiger partial charge in [0.15, 0.2) is 0 Å². The topological polar surface area (TPSA) is 62.2 Å². The Hall–Kier alpha value is -1.88. The molecule has 0 aliphatic rings. The number of benzene rings is 1. The number of hydrogen-bond donors (Lipinski definition) is 0. The average Bonchev–Trinajstić information content (AvgIpc) is 2.73. The monoisotopic (exact) mass is 248 g/mol. The summed E-state index contributed by atoms with van der Waals surface area (Å²) in [5.74, 6) is -0.711. The maximum absolute atomic E-state index is 10.7. The summed E-state index contributed by atoms with van der Waals surface area (Å²) in [4.78, 5) is 14.9. The van der Waals surface area contributed by atoms with Crippen molar-refractivity contribution >= 4 is 17.3 Å². The van der Waals surface area contributed by atoms with Crippen LogP contribution in [0.2, 0.25) is 0 Å². The predicted octanol–water partition coefficient (Wildman–Crippen LogP) is 1.39. The first-order valence-electron chi connectivity index (χ1n) is 5.00. The van der Waals surface area contributed by atoms with E-state index in [1.807, 2.05) is 12.3 Å². The molecule has 17 heavy (non-hydrogen) atoms. The van der Waals surface area contributed by atoms with Gasteiger partial charge in [-0.2, -0.15) is 0 Å². The van der Waals surface area contributed by atoms with Crippen molar-refractivity contribution in [2.75, 3.05) is 0 Å². The molecule has 5 heteroatoms. The minimum Gasteiger partial charge on any atom is -0.545 e. The molecule has 2 aromatic rings. The Morgan fingerprint density at radius 2 is 2.35 bits per heavy atom. The first-order chi connectivity index (χ1) is 8.15. The fourth-order valence-electron chi connectivity index (χ4n) is 1.34. The maximum Gasteiger partial charge on any atom is 0.131 e. The van der Waals surface area contributed by atoms with Crippen LogP contribution in [0, 0.1) is 6.92 Å². The van der Waals surface area contributed by atoms with Gasteiger partial charge in [-0.3, -0.25) is 0 Å². The summed E-state index contributed by atoms with van der Waals surface area (Å²) < 4.78 is 5.45. The zero-order chi connectivity index (χ0) is 12.3. The van der Waals surface area contributed by atoms with Crippen molar-refractivity contribution < 1.29 is 14.6 Å². The Bertz CT molecular complexity index is 536. The van der Waals surface area contributed by atoms with E-state index in [9.17, 15) is 9.90 Å². The predicted molar refractivity (Wildman–Crippen MR) is 62.0 cm³/mol. The van der Waals surface area contributed by atoms with Crippen molar-refractivity contribution in [2.24, 2.45) is 0 Å². The van der Waals surface area contributed by atoms with E-state index in [1.54, 1.807) is 23.5 Å². The summed E-state index contributed by atoms with van der Waals surface area (Å²) in [7, 11) is 0. The lowest BCUT2D eigenvalue weighted by Crippen LogP contribution is -2.22. The number of aromatic carboxylic acids is 1. The smallest absolute Gasteiger partial charge is 0.131 e. The van der Waals surface area contributed by atoms with Crippen molar-refractivity contribution in [1.82, 2.24) is 4.98 Å². The van der Waals surface area contributed by atoms with Gasteiger partial charge >= 0.3 is 0 Å². The molecule has 0 unspecified atom stereocenters. The molecule has 1 heterocycles. The van der Waals surface area contributed by atoms with E-state index in [-0.39, 0.29) is 5.56 Å². The van der Waals surface area contributed by atoms with Gasteiger partial charge in [0.1, 0.15) is 12.4 Å². The molecule has 0 aliphatic heterocycles. The van der Waals surface area contributed by atoms with E-state index in [1.165, 1.54) is 12.1 Å². The fourth-order valence-corrected chi connectivity index (χ4v) is 1.94. The molecule has 0 radical (unpaired) electrons. The van der Waals surface area contributed by atoms with Gasteiger partial charge < -0.3 is 14.6 Å². The molecule has 0 bridgehead atoms. The third-order valence-corrected chi connectivity index (χ3v) is 2.95. The highest BCUT2D eigenvalue weighted by atomic mass is 32.1. The number of carbonyl (C=O) groups is 1. The van der Waals surface area contributed by atoms with Crippen LogP contribution in [0.4, 0.5) is 0 Å². The number of thiazole rings is 1. The van der Waals surface area contributed by atoms with Crippen molar-refractivity contribution in [3.8, 4) is 5.75 Å². The number of rotatable bonds is 4. The highest BCUT2D eigenvalue weighted by molar-refractivity contribution is 7.09. The largest absolute Gasteiger partial charge is 0.545 e. The Morgan fingerprint density at radius 3 is 3.00 bits per heavy atom. The maximum atomic E-state index is 10.7. The molecule has 4 nitrogen and oxygen atoms in total. The van der Waals surface area contributed by atoms with Crippen LogP contribution in [0.15, 0.2) is 29.6 Å². The molecule has 1 aromatic carbocycles. The summed E-state index contributed by atoms with van der Waals surface area (Å²) in [6.45, 7) is 2.26.